The van der Waals surface area contributed by atoms with Crippen LogP contribution in [0.4, 0.5) is 13.2 Å². The van der Waals surface area contributed by atoms with Crippen LogP contribution in [-0.4, -0.2) is 34.9 Å². The summed E-state index contributed by atoms with van der Waals surface area (Å²) in [5, 5.41) is 14.8. The Morgan fingerprint density at radius 3 is 2.25 bits per heavy atom. The number of halogens is 5. The van der Waals surface area contributed by atoms with Gasteiger partial charge in [-0.15, -0.1) is 24.5 Å². The molecule has 0 aliphatic heterocycles. The van der Waals surface area contributed by atoms with Gasteiger partial charge in [0.2, 0.25) is 0 Å². The van der Waals surface area contributed by atoms with Gasteiger partial charge in [0.15, 0.2) is 0 Å². The van der Waals surface area contributed by atoms with Crippen molar-refractivity contribution in [1.29, 1.82) is 0 Å². The van der Waals surface area contributed by atoms with Crippen molar-refractivity contribution in [3.05, 3.63) is 104 Å². The first-order chi connectivity index (χ1) is 19.0. The quantitative estimate of drug-likeness (QED) is 0.193. The number of benzene rings is 3. The van der Waals surface area contributed by atoms with Crippen LogP contribution < -0.4 is 10.1 Å². The molecular weight excluding hydrogens is 588 g/mol. The lowest BCUT2D eigenvalue weighted by Gasteiger charge is -2.17. The molecule has 0 saturated carbocycles. The largest absolute Gasteiger partial charge is 0.573 e. The van der Waals surface area contributed by atoms with Crippen LogP contribution >= 0.6 is 34.5 Å². The Bertz CT molecular complexity index is 1470. The van der Waals surface area contributed by atoms with Crippen LogP contribution in [0.25, 0.3) is 11.3 Å². The number of rotatable bonds is 10. The number of alkyl halides is 3. The lowest BCUT2D eigenvalue weighted by Crippen LogP contribution is -2.25. The van der Waals surface area contributed by atoms with Gasteiger partial charge in [-0.25, -0.2) is 4.98 Å². The first kappa shape index (κ1) is 29.4. The van der Waals surface area contributed by atoms with Crippen molar-refractivity contribution in [3.63, 3.8) is 0 Å². The number of hydrogen-bond acceptors (Lipinski definition) is 5. The van der Waals surface area contributed by atoms with Gasteiger partial charge in [0, 0.05) is 39.0 Å². The second-order valence-electron chi connectivity index (χ2n) is 8.70. The minimum atomic E-state index is -4.80. The number of ether oxygens (including phenoxy) is 1. The molecule has 40 heavy (non-hydrogen) atoms. The van der Waals surface area contributed by atoms with Gasteiger partial charge in [-0.3, -0.25) is 9.59 Å². The zero-order valence-electron chi connectivity index (χ0n) is 20.5. The molecule has 1 amide bonds. The molecule has 1 atom stereocenters. The van der Waals surface area contributed by atoms with Crippen LogP contribution in [0.15, 0.2) is 72.1 Å². The summed E-state index contributed by atoms with van der Waals surface area (Å²) in [5.41, 5.74) is 3.32. The van der Waals surface area contributed by atoms with Crippen molar-refractivity contribution in [1.82, 2.24) is 10.3 Å². The fourth-order valence-electron chi connectivity index (χ4n) is 3.94. The number of carbonyl (C=O) groups is 2. The highest BCUT2D eigenvalue weighted by atomic mass is 35.5. The van der Waals surface area contributed by atoms with Gasteiger partial charge in [0.1, 0.15) is 10.8 Å². The van der Waals surface area contributed by atoms with Gasteiger partial charge in [0.05, 0.1) is 12.1 Å². The van der Waals surface area contributed by atoms with Gasteiger partial charge < -0.3 is 15.2 Å². The number of nitrogens with one attached hydrogen (secondary N) is 1. The van der Waals surface area contributed by atoms with E-state index in [0.29, 0.717) is 32.7 Å². The Balaban J connectivity index is 1.60. The average Bonchev–Trinajstić information content (AvgIpc) is 3.37. The molecule has 0 aliphatic rings. The number of nitrogens with zero attached hydrogens (tertiary/aromatic N) is 1. The van der Waals surface area contributed by atoms with Crippen molar-refractivity contribution in [3.8, 4) is 17.0 Å². The van der Waals surface area contributed by atoms with Crippen LogP contribution in [0, 0.1) is 0 Å². The van der Waals surface area contributed by atoms with Crippen LogP contribution in [0.3, 0.4) is 0 Å². The maximum absolute atomic E-state index is 12.7. The van der Waals surface area contributed by atoms with E-state index in [9.17, 15) is 22.8 Å². The van der Waals surface area contributed by atoms with Gasteiger partial charge in [-0.05, 0) is 60.0 Å². The van der Waals surface area contributed by atoms with E-state index >= 15 is 0 Å². The number of carbonyl (C=O) groups excluding carboxylic acids is 1. The van der Waals surface area contributed by atoms with E-state index in [1.165, 1.54) is 23.5 Å². The van der Waals surface area contributed by atoms with E-state index in [-0.39, 0.29) is 24.6 Å². The summed E-state index contributed by atoms with van der Waals surface area (Å²) >= 11 is 13.7. The second-order valence-corrected chi connectivity index (χ2v) is 10.5. The molecule has 208 valence electrons. The summed E-state index contributed by atoms with van der Waals surface area (Å²) < 4.78 is 42.0. The molecule has 1 heterocycles. The summed E-state index contributed by atoms with van der Waals surface area (Å²) in [5.74, 6) is -2.07. The number of carboxylic acid groups (broad SMARTS) is 1. The lowest BCUT2D eigenvalue weighted by molar-refractivity contribution is -0.274. The number of carboxylic acids is 1. The van der Waals surface area contributed by atoms with Crippen LogP contribution in [-0.2, 0) is 11.2 Å². The first-order valence-corrected chi connectivity index (χ1v) is 13.5. The van der Waals surface area contributed by atoms with E-state index < -0.39 is 18.2 Å². The molecule has 0 bridgehead atoms. The highest BCUT2D eigenvalue weighted by Crippen LogP contribution is 2.36. The van der Waals surface area contributed by atoms with Crippen molar-refractivity contribution in [2.24, 2.45) is 0 Å². The third kappa shape index (κ3) is 8.20. The molecule has 0 fully saturated rings. The van der Waals surface area contributed by atoms with E-state index in [1.54, 1.807) is 54.6 Å². The molecule has 4 aromatic rings. The Morgan fingerprint density at radius 2 is 1.65 bits per heavy atom. The molecule has 3 aromatic carbocycles. The molecule has 1 unspecified atom stereocenters. The maximum Gasteiger partial charge on any atom is 0.573 e. The summed E-state index contributed by atoms with van der Waals surface area (Å²) in [6, 6.07) is 17.5. The molecule has 2 N–H and O–H groups in total. The number of aliphatic carboxylic acids is 1. The van der Waals surface area contributed by atoms with Crippen LogP contribution in [0.5, 0.6) is 5.75 Å². The normalized spacial score (nSPS) is 12.1. The summed E-state index contributed by atoms with van der Waals surface area (Å²) in [7, 11) is 0. The standard InChI is InChI=1S/C28H21Cl2F3N2O4S/c29-20-12-19(13-21(30)14-20)24-15-40-27(35-24)23(17-5-7-22(8-6-17)39-28(31,32)33)11-16-1-3-18(4-2-16)26(38)34-10-9-25(36)37/h1-8,12-15,23H,9-11H2,(H,34,38)(H,36,37). The molecule has 4 rings (SSSR count). The molecule has 0 aliphatic carbocycles. The Kier molecular flexibility index (Phi) is 9.34. The molecular formula is C28H21Cl2F3N2O4S. The van der Waals surface area contributed by atoms with Crippen molar-refractivity contribution < 1.29 is 32.6 Å². The minimum absolute atomic E-state index is 0.0102. The van der Waals surface area contributed by atoms with Crippen LogP contribution in [0.2, 0.25) is 10.0 Å². The molecule has 6 nitrogen and oxygen atoms in total. The second kappa shape index (κ2) is 12.7. The summed E-state index contributed by atoms with van der Waals surface area (Å²) in [6.07, 6.45) is -4.55. The lowest BCUT2D eigenvalue weighted by atomic mass is 9.92. The first-order valence-electron chi connectivity index (χ1n) is 11.8. The topological polar surface area (TPSA) is 88.5 Å². The SMILES string of the molecule is O=C(O)CCNC(=O)c1ccc(CC(c2ccc(OC(F)(F)F)cc2)c2nc(-c3cc(Cl)cc(Cl)c3)cs2)cc1. The van der Waals surface area contributed by atoms with E-state index in [1.807, 2.05) is 5.38 Å². The predicted octanol–water partition coefficient (Wildman–Crippen LogP) is 7.59. The summed E-state index contributed by atoms with van der Waals surface area (Å²) in [4.78, 5) is 27.8. The Morgan fingerprint density at radius 1 is 1.00 bits per heavy atom. The van der Waals surface area contributed by atoms with E-state index in [2.05, 4.69) is 10.1 Å². The smallest absolute Gasteiger partial charge is 0.481 e. The third-order valence-electron chi connectivity index (χ3n) is 5.77. The van der Waals surface area contributed by atoms with Crippen molar-refractivity contribution in [2.45, 2.75) is 25.1 Å². The predicted molar refractivity (Wildman–Crippen MR) is 147 cm³/mol. The Labute approximate surface area is 241 Å². The van der Waals surface area contributed by atoms with Gasteiger partial charge in [-0.1, -0.05) is 47.5 Å². The number of aromatic nitrogens is 1. The van der Waals surface area contributed by atoms with Gasteiger partial charge in [0.25, 0.3) is 5.91 Å². The minimum Gasteiger partial charge on any atom is -0.481 e. The number of hydrogen-bond donors (Lipinski definition) is 2. The van der Waals surface area contributed by atoms with E-state index in [0.717, 1.165) is 16.7 Å². The zero-order valence-corrected chi connectivity index (χ0v) is 22.9. The van der Waals surface area contributed by atoms with Crippen LogP contribution in [0.1, 0.15) is 38.8 Å². The Hall–Kier alpha value is -3.60. The fraction of sp³-hybridized carbons (Fsp3) is 0.179. The van der Waals surface area contributed by atoms with Gasteiger partial charge in [-0.2, -0.15) is 0 Å². The fourth-order valence-corrected chi connectivity index (χ4v) is 5.43. The highest BCUT2D eigenvalue weighted by molar-refractivity contribution is 7.10. The number of amides is 1. The average molecular weight is 609 g/mol. The maximum atomic E-state index is 12.7. The highest BCUT2D eigenvalue weighted by Gasteiger charge is 2.31. The van der Waals surface area contributed by atoms with Crippen molar-refractivity contribution >= 4 is 46.4 Å². The molecule has 0 spiro atoms. The van der Waals surface area contributed by atoms with E-state index in [4.69, 9.17) is 33.3 Å². The van der Waals surface area contributed by atoms with Crippen molar-refractivity contribution in [2.75, 3.05) is 6.54 Å². The molecule has 1 aromatic heterocycles. The zero-order chi connectivity index (χ0) is 28.9. The molecule has 12 heteroatoms. The summed E-state index contributed by atoms with van der Waals surface area (Å²) in [6.45, 7) is 0.0102. The molecule has 0 saturated heterocycles. The third-order valence-corrected chi connectivity index (χ3v) is 7.17. The molecule has 0 radical (unpaired) electrons. The van der Waals surface area contributed by atoms with Gasteiger partial charge >= 0.3 is 12.3 Å². The number of thiazole rings is 1. The monoisotopic (exact) mass is 608 g/mol.